The molecule has 0 saturated carbocycles. The molecule has 1 atom stereocenters. The standard InChI is InChI=1S/C18H21FN2O3/c1-21-17(22)11-18(20,23)10-13-6-8-15(9-7-13)24-12-14-4-2-3-5-16(14)19/h2-9,23H,10-12,20H2,1H3,(H,21,22). The lowest BCUT2D eigenvalue weighted by atomic mass is 10.00. The normalized spacial score (nSPS) is 13.2. The summed E-state index contributed by atoms with van der Waals surface area (Å²) < 4.78 is 19.1. The van der Waals surface area contributed by atoms with Gasteiger partial charge in [0.15, 0.2) is 0 Å². The highest BCUT2D eigenvalue weighted by molar-refractivity contribution is 5.76. The van der Waals surface area contributed by atoms with Crippen molar-refractivity contribution >= 4 is 5.91 Å². The SMILES string of the molecule is CNC(=O)CC(N)(O)Cc1ccc(OCc2ccccc2F)cc1. The molecule has 5 nitrogen and oxygen atoms in total. The summed E-state index contributed by atoms with van der Waals surface area (Å²) in [5.74, 6) is -0.0600. The zero-order chi connectivity index (χ0) is 17.6. The van der Waals surface area contributed by atoms with E-state index in [4.69, 9.17) is 10.5 Å². The van der Waals surface area contributed by atoms with Gasteiger partial charge < -0.3 is 20.9 Å². The minimum absolute atomic E-state index is 0.128. The number of carbonyl (C=O) groups is 1. The van der Waals surface area contributed by atoms with Crippen molar-refractivity contribution in [3.8, 4) is 5.75 Å². The zero-order valence-electron chi connectivity index (χ0n) is 13.5. The first-order valence-corrected chi connectivity index (χ1v) is 7.56. The molecule has 0 fully saturated rings. The fraction of sp³-hybridized carbons (Fsp3) is 0.278. The van der Waals surface area contributed by atoms with Gasteiger partial charge in [-0.25, -0.2) is 4.39 Å². The van der Waals surface area contributed by atoms with Crippen LogP contribution in [0.2, 0.25) is 0 Å². The summed E-state index contributed by atoms with van der Waals surface area (Å²) >= 11 is 0. The van der Waals surface area contributed by atoms with E-state index in [0.717, 1.165) is 5.56 Å². The van der Waals surface area contributed by atoms with Gasteiger partial charge in [0.25, 0.3) is 0 Å². The molecular weight excluding hydrogens is 311 g/mol. The van der Waals surface area contributed by atoms with Crippen LogP contribution < -0.4 is 15.8 Å². The molecule has 2 aromatic carbocycles. The molecule has 2 aromatic rings. The van der Waals surface area contributed by atoms with Crippen molar-refractivity contribution in [1.82, 2.24) is 5.32 Å². The third-order valence-electron chi connectivity index (χ3n) is 3.53. The number of ether oxygens (including phenoxy) is 1. The predicted octanol–water partition coefficient (Wildman–Crippen LogP) is 1.73. The van der Waals surface area contributed by atoms with Gasteiger partial charge in [-0.2, -0.15) is 0 Å². The highest BCUT2D eigenvalue weighted by Crippen LogP contribution is 2.18. The summed E-state index contributed by atoms with van der Waals surface area (Å²) in [6.07, 6.45) is -0.0525. The van der Waals surface area contributed by atoms with Crippen LogP contribution in [0.1, 0.15) is 17.5 Å². The Balaban J connectivity index is 1.93. The van der Waals surface area contributed by atoms with Crippen molar-refractivity contribution < 1.29 is 19.0 Å². The lowest BCUT2D eigenvalue weighted by Crippen LogP contribution is -2.45. The molecule has 1 amide bonds. The molecule has 0 radical (unpaired) electrons. The molecule has 1 unspecified atom stereocenters. The van der Waals surface area contributed by atoms with Crippen LogP contribution in [0.4, 0.5) is 4.39 Å². The highest BCUT2D eigenvalue weighted by atomic mass is 19.1. The second-order valence-electron chi connectivity index (χ2n) is 5.65. The Hall–Kier alpha value is -2.44. The number of aliphatic hydroxyl groups is 1. The first-order chi connectivity index (χ1) is 11.4. The molecule has 2 rings (SSSR count). The molecule has 4 N–H and O–H groups in total. The van der Waals surface area contributed by atoms with Crippen LogP contribution in [0.15, 0.2) is 48.5 Å². The Morgan fingerprint density at radius 3 is 2.54 bits per heavy atom. The van der Waals surface area contributed by atoms with E-state index in [1.54, 1.807) is 42.5 Å². The second kappa shape index (κ2) is 7.90. The highest BCUT2D eigenvalue weighted by Gasteiger charge is 2.24. The van der Waals surface area contributed by atoms with Gasteiger partial charge in [-0.05, 0) is 23.8 Å². The Morgan fingerprint density at radius 1 is 1.25 bits per heavy atom. The summed E-state index contributed by atoms with van der Waals surface area (Å²) in [5.41, 5.74) is 5.36. The van der Waals surface area contributed by atoms with Crippen LogP contribution in [0.25, 0.3) is 0 Å². The van der Waals surface area contributed by atoms with Gasteiger partial charge >= 0.3 is 0 Å². The lowest BCUT2D eigenvalue weighted by Gasteiger charge is -2.22. The average molecular weight is 332 g/mol. The monoisotopic (exact) mass is 332 g/mol. The van der Waals surface area contributed by atoms with Gasteiger partial charge in [-0.3, -0.25) is 4.79 Å². The minimum Gasteiger partial charge on any atom is -0.489 e. The number of nitrogens with two attached hydrogens (primary N) is 1. The van der Waals surface area contributed by atoms with Crippen LogP contribution in [0, 0.1) is 5.82 Å². The number of halogens is 1. The van der Waals surface area contributed by atoms with Gasteiger partial charge in [-0.1, -0.05) is 30.3 Å². The van der Waals surface area contributed by atoms with E-state index >= 15 is 0 Å². The van der Waals surface area contributed by atoms with E-state index in [0.29, 0.717) is 11.3 Å². The largest absolute Gasteiger partial charge is 0.489 e. The molecule has 0 aliphatic rings. The van der Waals surface area contributed by atoms with E-state index in [2.05, 4.69) is 5.32 Å². The summed E-state index contributed by atoms with van der Waals surface area (Å²) in [5, 5.41) is 12.5. The summed E-state index contributed by atoms with van der Waals surface area (Å²) in [4.78, 5) is 11.3. The first-order valence-electron chi connectivity index (χ1n) is 7.56. The van der Waals surface area contributed by atoms with Crippen molar-refractivity contribution in [3.05, 3.63) is 65.5 Å². The smallest absolute Gasteiger partial charge is 0.224 e. The number of hydrogen-bond donors (Lipinski definition) is 3. The summed E-state index contributed by atoms with van der Waals surface area (Å²) in [6, 6.07) is 13.3. The maximum Gasteiger partial charge on any atom is 0.224 e. The third kappa shape index (κ3) is 5.33. The topological polar surface area (TPSA) is 84.6 Å². The van der Waals surface area contributed by atoms with Gasteiger partial charge in [0, 0.05) is 19.0 Å². The van der Waals surface area contributed by atoms with E-state index in [-0.39, 0.29) is 31.2 Å². The lowest BCUT2D eigenvalue weighted by molar-refractivity contribution is -0.125. The number of nitrogens with one attached hydrogen (secondary N) is 1. The molecule has 0 heterocycles. The van der Waals surface area contributed by atoms with Crippen molar-refractivity contribution in [2.24, 2.45) is 5.73 Å². The van der Waals surface area contributed by atoms with Gasteiger partial charge in [0.1, 0.15) is 23.9 Å². The maximum atomic E-state index is 13.5. The van der Waals surface area contributed by atoms with Gasteiger partial charge in [-0.15, -0.1) is 0 Å². The van der Waals surface area contributed by atoms with Crippen LogP contribution in [-0.4, -0.2) is 23.8 Å². The summed E-state index contributed by atoms with van der Waals surface area (Å²) in [6.45, 7) is 0.128. The van der Waals surface area contributed by atoms with Crippen molar-refractivity contribution in [2.75, 3.05) is 7.05 Å². The van der Waals surface area contributed by atoms with Crippen molar-refractivity contribution in [2.45, 2.75) is 25.2 Å². The number of carbonyl (C=O) groups excluding carboxylic acids is 1. The van der Waals surface area contributed by atoms with E-state index in [9.17, 15) is 14.3 Å². The van der Waals surface area contributed by atoms with Crippen LogP contribution in [-0.2, 0) is 17.8 Å². The molecular formula is C18H21FN2O3. The average Bonchev–Trinajstić information content (AvgIpc) is 2.54. The third-order valence-corrected chi connectivity index (χ3v) is 3.53. The van der Waals surface area contributed by atoms with Gasteiger partial charge in [0.2, 0.25) is 5.91 Å². The Labute approximate surface area is 140 Å². The van der Waals surface area contributed by atoms with E-state index in [1.807, 2.05) is 0 Å². The Bertz CT molecular complexity index is 687. The molecule has 0 aliphatic heterocycles. The number of benzene rings is 2. The fourth-order valence-corrected chi connectivity index (χ4v) is 2.26. The Kier molecular flexibility index (Phi) is 5.89. The van der Waals surface area contributed by atoms with Crippen LogP contribution >= 0.6 is 0 Å². The zero-order valence-corrected chi connectivity index (χ0v) is 13.5. The first kappa shape index (κ1) is 17.9. The maximum absolute atomic E-state index is 13.5. The number of rotatable bonds is 7. The molecule has 0 aromatic heterocycles. The number of hydrogen-bond acceptors (Lipinski definition) is 4. The predicted molar refractivity (Wildman–Crippen MR) is 88.7 cm³/mol. The molecule has 128 valence electrons. The van der Waals surface area contributed by atoms with Gasteiger partial charge in [0.05, 0.1) is 6.42 Å². The van der Waals surface area contributed by atoms with Crippen LogP contribution in [0.3, 0.4) is 0 Å². The minimum atomic E-state index is -1.62. The molecule has 6 heteroatoms. The molecule has 0 spiro atoms. The van der Waals surface area contributed by atoms with Crippen molar-refractivity contribution in [1.29, 1.82) is 0 Å². The van der Waals surface area contributed by atoms with Crippen LogP contribution in [0.5, 0.6) is 5.75 Å². The quantitative estimate of drug-likeness (QED) is 0.674. The fourth-order valence-electron chi connectivity index (χ4n) is 2.26. The van der Waals surface area contributed by atoms with Crippen molar-refractivity contribution in [3.63, 3.8) is 0 Å². The van der Waals surface area contributed by atoms with E-state index in [1.165, 1.54) is 13.1 Å². The second-order valence-corrected chi connectivity index (χ2v) is 5.65. The number of amides is 1. The Morgan fingerprint density at radius 2 is 1.92 bits per heavy atom. The molecule has 0 bridgehead atoms. The molecule has 0 aliphatic carbocycles. The molecule has 24 heavy (non-hydrogen) atoms. The molecule has 0 saturated heterocycles. The summed E-state index contributed by atoms with van der Waals surface area (Å²) in [7, 11) is 1.49. The van der Waals surface area contributed by atoms with E-state index < -0.39 is 5.72 Å².